The van der Waals surface area contributed by atoms with Gasteiger partial charge < -0.3 is 15.6 Å². The summed E-state index contributed by atoms with van der Waals surface area (Å²) in [5.74, 6) is -1.08. The number of fused-ring (bicyclic) bond motifs is 4. The standard InChI is InChI=1S/C27H23NO3/c1-17(25(28)26(29)30)31-27(20-15-14-18-8-2-3-9-19(18)16-20)23-12-6-4-10-21(23)22-11-5-7-13-24(22)27/h2-17,25H,28H2,1H3,(H,29,30)/t17?,25-/m0/s1. The summed E-state index contributed by atoms with van der Waals surface area (Å²) in [4.78, 5) is 11.6. The van der Waals surface area contributed by atoms with E-state index in [1.165, 1.54) is 0 Å². The average molecular weight is 409 g/mol. The van der Waals surface area contributed by atoms with Crippen LogP contribution in [0.3, 0.4) is 0 Å². The molecule has 5 rings (SSSR count). The van der Waals surface area contributed by atoms with Crippen molar-refractivity contribution in [2.45, 2.75) is 24.7 Å². The molecule has 4 aromatic rings. The third-order valence-corrected chi connectivity index (χ3v) is 6.21. The monoisotopic (exact) mass is 409 g/mol. The van der Waals surface area contributed by atoms with Crippen LogP contribution in [0.15, 0.2) is 91.0 Å². The minimum atomic E-state index is -1.14. The lowest BCUT2D eigenvalue weighted by Gasteiger charge is -2.36. The molecule has 31 heavy (non-hydrogen) atoms. The van der Waals surface area contributed by atoms with Gasteiger partial charge in [0.05, 0.1) is 6.10 Å². The second-order valence-electron chi connectivity index (χ2n) is 8.02. The van der Waals surface area contributed by atoms with Gasteiger partial charge in [-0.25, -0.2) is 0 Å². The number of nitrogens with two attached hydrogens (primary N) is 1. The highest BCUT2D eigenvalue weighted by Gasteiger charge is 2.47. The van der Waals surface area contributed by atoms with Gasteiger partial charge in [-0.1, -0.05) is 84.9 Å². The number of carboxylic acids is 1. The lowest BCUT2D eigenvalue weighted by atomic mass is 9.82. The maximum Gasteiger partial charge on any atom is 0.323 e. The number of aliphatic carboxylic acids is 1. The van der Waals surface area contributed by atoms with Crippen LogP contribution in [0.25, 0.3) is 21.9 Å². The molecular formula is C27H23NO3. The van der Waals surface area contributed by atoms with Crippen LogP contribution < -0.4 is 5.73 Å². The van der Waals surface area contributed by atoms with Gasteiger partial charge in [-0.2, -0.15) is 0 Å². The fraction of sp³-hybridized carbons (Fsp3) is 0.148. The predicted molar refractivity (Wildman–Crippen MR) is 122 cm³/mol. The molecule has 2 atom stereocenters. The molecule has 4 heteroatoms. The molecule has 0 spiro atoms. The molecule has 0 aromatic heterocycles. The van der Waals surface area contributed by atoms with E-state index in [1.807, 2.05) is 36.4 Å². The fourth-order valence-electron chi connectivity index (χ4n) is 4.66. The number of rotatable bonds is 5. The summed E-state index contributed by atoms with van der Waals surface area (Å²) in [5, 5.41) is 11.7. The largest absolute Gasteiger partial charge is 0.480 e. The maximum atomic E-state index is 11.6. The number of carboxylic acid groups (broad SMARTS) is 1. The van der Waals surface area contributed by atoms with Gasteiger partial charge in [0.15, 0.2) is 0 Å². The van der Waals surface area contributed by atoms with Crippen LogP contribution in [-0.2, 0) is 15.1 Å². The van der Waals surface area contributed by atoms with Crippen LogP contribution in [0.4, 0.5) is 0 Å². The lowest BCUT2D eigenvalue weighted by Crippen LogP contribution is -2.46. The number of benzene rings is 4. The van der Waals surface area contributed by atoms with Crippen molar-refractivity contribution < 1.29 is 14.6 Å². The van der Waals surface area contributed by atoms with Crippen molar-refractivity contribution in [2.24, 2.45) is 5.73 Å². The molecule has 1 aliphatic rings. The third kappa shape index (κ3) is 2.95. The van der Waals surface area contributed by atoms with Gasteiger partial charge in [-0.3, -0.25) is 4.79 Å². The number of ether oxygens (including phenoxy) is 1. The average Bonchev–Trinajstić information content (AvgIpc) is 3.09. The summed E-state index contributed by atoms with van der Waals surface area (Å²) < 4.78 is 6.70. The Morgan fingerprint density at radius 1 is 0.839 bits per heavy atom. The van der Waals surface area contributed by atoms with Crippen molar-refractivity contribution >= 4 is 16.7 Å². The zero-order valence-corrected chi connectivity index (χ0v) is 17.2. The van der Waals surface area contributed by atoms with Crippen LogP contribution in [0, 0.1) is 0 Å². The summed E-state index contributed by atoms with van der Waals surface area (Å²) in [5.41, 5.74) is 10.1. The van der Waals surface area contributed by atoms with Crippen molar-refractivity contribution in [2.75, 3.05) is 0 Å². The van der Waals surface area contributed by atoms with E-state index in [-0.39, 0.29) is 0 Å². The maximum absolute atomic E-state index is 11.6. The SMILES string of the molecule is CC(OC1(c2ccc3ccccc3c2)c2ccccc2-c2ccccc21)[C@H](N)C(=O)O. The highest BCUT2D eigenvalue weighted by molar-refractivity contribution is 5.87. The van der Waals surface area contributed by atoms with Crippen LogP contribution in [-0.4, -0.2) is 23.2 Å². The van der Waals surface area contributed by atoms with Gasteiger partial charge >= 0.3 is 5.97 Å². The molecule has 1 unspecified atom stereocenters. The Morgan fingerprint density at radius 3 is 2.00 bits per heavy atom. The molecule has 4 aromatic carbocycles. The molecule has 3 N–H and O–H groups in total. The zero-order valence-electron chi connectivity index (χ0n) is 17.2. The summed E-state index contributed by atoms with van der Waals surface area (Å²) in [6.07, 6.45) is -0.719. The molecule has 154 valence electrons. The molecule has 0 saturated carbocycles. The number of hydrogen-bond donors (Lipinski definition) is 2. The van der Waals surface area contributed by atoms with E-state index < -0.39 is 23.7 Å². The highest BCUT2D eigenvalue weighted by atomic mass is 16.5. The first-order valence-electron chi connectivity index (χ1n) is 10.4. The summed E-state index contributed by atoms with van der Waals surface area (Å²) in [7, 11) is 0. The van der Waals surface area contributed by atoms with Gasteiger partial charge in [-0.15, -0.1) is 0 Å². The topological polar surface area (TPSA) is 72.5 Å². The quantitative estimate of drug-likeness (QED) is 0.490. The van der Waals surface area contributed by atoms with E-state index in [1.54, 1.807) is 6.92 Å². The minimum absolute atomic E-state index is 0.719. The Morgan fingerprint density at radius 2 is 1.39 bits per heavy atom. The van der Waals surface area contributed by atoms with Gasteiger partial charge in [0, 0.05) is 11.1 Å². The number of carbonyl (C=O) groups is 1. The minimum Gasteiger partial charge on any atom is -0.480 e. The lowest BCUT2D eigenvalue weighted by molar-refractivity contribution is -0.144. The second kappa shape index (κ2) is 7.34. The molecule has 0 amide bonds. The Labute approximate surface area is 180 Å². The Balaban J connectivity index is 1.81. The molecule has 0 saturated heterocycles. The van der Waals surface area contributed by atoms with Crippen molar-refractivity contribution in [1.82, 2.24) is 0 Å². The van der Waals surface area contributed by atoms with Crippen molar-refractivity contribution in [3.05, 3.63) is 108 Å². The van der Waals surface area contributed by atoms with Gasteiger partial charge in [0.25, 0.3) is 0 Å². The van der Waals surface area contributed by atoms with Crippen molar-refractivity contribution in [3.63, 3.8) is 0 Å². The van der Waals surface area contributed by atoms with E-state index in [4.69, 9.17) is 10.5 Å². The first kappa shape index (κ1) is 19.5. The Kier molecular flexibility index (Phi) is 4.62. The molecule has 4 nitrogen and oxygen atoms in total. The molecule has 0 aliphatic heterocycles. The van der Waals surface area contributed by atoms with Gasteiger partial charge in [0.1, 0.15) is 11.6 Å². The highest BCUT2D eigenvalue weighted by Crippen LogP contribution is 2.54. The van der Waals surface area contributed by atoms with Crippen LogP contribution in [0.2, 0.25) is 0 Å². The molecule has 1 aliphatic carbocycles. The van der Waals surface area contributed by atoms with E-state index in [9.17, 15) is 9.90 Å². The van der Waals surface area contributed by atoms with Crippen LogP contribution >= 0.6 is 0 Å². The van der Waals surface area contributed by atoms with Gasteiger partial charge in [0.2, 0.25) is 0 Å². The zero-order chi connectivity index (χ0) is 21.6. The van der Waals surface area contributed by atoms with Crippen molar-refractivity contribution in [1.29, 1.82) is 0 Å². The smallest absolute Gasteiger partial charge is 0.323 e. The predicted octanol–water partition coefficient (Wildman–Crippen LogP) is 4.93. The molecule has 0 fully saturated rings. The molecule has 0 bridgehead atoms. The van der Waals surface area contributed by atoms with E-state index in [0.717, 1.165) is 38.6 Å². The first-order valence-corrected chi connectivity index (χ1v) is 10.4. The Hall–Kier alpha value is -3.47. The molecular weight excluding hydrogens is 386 g/mol. The number of hydrogen-bond acceptors (Lipinski definition) is 3. The summed E-state index contributed by atoms with van der Waals surface area (Å²) >= 11 is 0. The third-order valence-electron chi connectivity index (χ3n) is 6.21. The summed E-state index contributed by atoms with van der Waals surface area (Å²) in [6, 6.07) is 29.6. The normalized spacial score (nSPS) is 15.8. The van der Waals surface area contributed by atoms with E-state index in [2.05, 4.69) is 54.6 Å². The Bertz CT molecular complexity index is 1250. The van der Waals surface area contributed by atoms with E-state index in [0.29, 0.717) is 0 Å². The van der Waals surface area contributed by atoms with Crippen LogP contribution in [0.5, 0.6) is 0 Å². The second-order valence-corrected chi connectivity index (χ2v) is 8.02. The van der Waals surface area contributed by atoms with Crippen molar-refractivity contribution in [3.8, 4) is 11.1 Å². The molecule has 0 radical (unpaired) electrons. The van der Waals surface area contributed by atoms with Crippen LogP contribution in [0.1, 0.15) is 23.6 Å². The van der Waals surface area contributed by atoms with E-state index >= 15 is 0 Å². The summed E-state index contributed by atoms with van der Waals surface area (Å²) in [6.45, 7) is 1.73. The first-order chi connectivity index (χ1) is 15.0. The molecule has 0 heterocycles. The van der Waals surface area contributed by atoms with Gasteiger partial charge in [-0.05, 0) is 40.5 Å². The fourth-order valence-corrected chi connectivity index (χ4v) is 4.66.